The second-order valence-corrected chi connectivity index (χ2v) is 2.97. The van der Waals surface area contributed by atoms with Gasteiger partial charge in [-0.2, -0.15) is 4.39 Å². The van der Waals surface area contributed by atoms with Gasteiger partial charge in [-0.3, -0.25) is 9.78 Å². The maximum absolute atomic E-state index is 13.3. The number of carbonyl (C=O) groups is 1. The van der Waals surface area contributed by atoms with Gasteiger partial charge in [-0.05, 0) is 18.2 Å². The van der Waals surface area contributed by atoms with Crippen molar-refractivity contribution in [3.8, 4) is 11.1 Å². The Morgan fingerprint density at radius 3 is 2.93 bits per heavy atom. The van der Waals surface area contributed by atoms with Gasteiger partial charge in [-0.15, -0.1) is 0 Å². The summed E-state index contributed by atoms with van der Waals surface area (Å²) in [6.45, 7) is 0. The first-order valence-corrected chi connectivity index (χ1v) is 4.32. The van der Waals surface area contributed by atoms with Crippen molar-refractivity contribution in [1.29, 1.82) is 0 Å². The first-order valence-electron chi connectivity index (χ1n) is 4.32. The van der Waals surface area contributed by atoms with Gasteiger partial charge in [0.15, 0.2) is 6.29 Å². The number of hydrogen-bond acceptors (Lipinski definition) is 3. The quantitative estimate of drug-likeness (QED) is 0.553. The minimum atomic E-state index is -0.567. The third-order valence-electron chi connectivity index (χ3n) is 1.97. The molecule has 0 aromatic carbocycles. The largest absolute Gasteiger partial charge is 0.298 e. The van der Waals surface area contributed by atoms with Crippen LogP contribution in [0.3, 0.4) is 0 Å². The average Bonchev–Trinajstić information content (AvgIpc) is 2.30. The summed E-state index contributed by atoms with van der Waals surface area (Å²) >= 11 is 0. The van der Waals surface area contributed by atoms with Crippen LogP contribution >= 0.6 is 0 Å². The van der Waals surface area contributed by atoms with E-state index in [-0.39, 0.29) is 0 Å². The van der Waals surface area contributed by atoms with Crippen molar-refractivity contribution in [3.05, 3.63) is 48.3 Å². The standard InChI is InChI=1S/C11H7FN2O/c12-11-10(2-1-3-14-11)9-4-8(7-15)5-13-6-9/h1-7H. The third-order valence-corrected chi connectivity index (χ3v) is 1.97. The van der Waals surface area contributed by atoms with Gasteiger partial charge < -0.3 is 0 Å². The van der Waals surface area contributed by atoms with Crippen LogP contribution in [-0.4, -0.2) is 16.3 Å². The van der Waals surface area contributed by atoms with Crippen LogP contribution in [0.1, 0.15) is 10.4 Å². The number of hydrogen-bond donors (Lipinski definition) is 0. The molecule has 0 N–H and O–H groups in total. The average molecular weight is 202 g/mol. The van der Waals surface area contributed by atoms with E-state index in [1.807, 2.05) is 0 Å². The molecule has 0 saturated heterocycles. The van der Waals surface area contributed by atoms with Crippen molar-refractivity contribution >= 4 is 6.29 Å². The van der Waals surface area contributed by atoms with E-state index in [9.17, 15) is 9.18 Å². The monoisotopic (exact) mass is 202 g/mol. The maximum Gasteiger partial charge on any atom is 0.220 e. The second-order valence-electron chi connectivity index (χ2n) is 2.97. The Morgan fingerprint density at radius 1 is 1.33 bits per heavy atom. The number of nitrogens with zero attached hydrogens (tertiary/aromatic N) is 2. The number of pyridine rings is 2. The van der Waals surface area contributed by atoms with Crippen molar-refractivity contribution in [2.24, 2.45) is 0 Å². The summed E-state index contributed by atoms with van der Waals surface area (Å²) < 4.78 is 13.3. The smallest absolute Gasteiger partial charge is 0.220 e. The second kappa shape index (κ2) is 3.96. The zero-order chi connectivity index (χ0) is 10.7. The molecule has 2 rings (SSSR count). The molecule has 15 heavy (non-hydrogen) atoms. The summed E-state index contributed by atoms with van der Waals surface area (Å²) in [5.41, 5.74) is 1.30. The van der Waals surface area contributed by atoms with Crippen molar-refractivity contribution in [2.45, 2.75) is 0 Å². The van der Waals surface area contributed by atoms with Crippen LogP contribution in [0.5, 0.6) is 0 Å². The van der Waals surface area contributed by atoms with Crippen LogP contribution in [0.4, 0.5) is 4.39 Å². The first-order chi connectivity index (χ1) is 7.31. The van der Waals surface area contributed by atoms with Gasteiger partial charge in [0.05, 0.1) is 0 Å². The van der Waals surface area contributed by atoms with E-state index < -0.39 is 5.95 Å². The Hall–Kier alpha value is -2.10. The molecule has 0 bridgehead atoms. The molecule has 0 aliphatic heterocycles. The number of carbonyl (C=O) groups excluding carboxylic acids is 1. The third kappa shape index (κ3) is 1.88. The van der Waals surface area contributed by atoms with Crippen LogP contribution in [0.25, 0.3) is 11.1 Å². The molecule has 3 nitrogen and oxygen atoms in total. The zero-order valence-electron chi connectivity index (χ0n) is 7.72. The molecule has 0 amide bonds. The molecule has 0 atom stereocenters. The van der Waals surface area contributed by atoms with E-state index in [1.165, 1.54) is 18.6 Å². The predicted molar refractivity (Wildman–Crippen MR) is 52.8 cm³/mol. The first kappa shape index (κ1) is 9.45. The van der Waals surface area contributed by atoms with Crippen molar-refractivity contribution < 1.29 is 9.18 Å². The molecule has 0 saturated carbocycles. The molecule has 4 heteroatoms. The van der Waals surface area contributed by atoms with Crippen LogP contribution in [0.2, 0.25) is 0 Å². The van der Waals surface area contributed by atoms with Gasteiger partial charge in [0.2, 0.25) is 5.95 Å². The van der Waals surface area contributed by atoms with E-state index in [0.717, 1.165) is 0 Å². The number of halogens is 1. The van der Waals surface area contributed by atoms with Crippen LogP contribution in [0.15, 0.2) is 36.8 Å². The molecular formula is C11H7FN2O. The van der Waals surface area contributed by atoms with Crippen molar-refractivity contribution in [1.82, 2.24) is 9.97 Å². The summed E-state index contributed by atoms with van der Waals surface area (Å²) in [5.74, 6) is -0.567. The van der Waals surface area contributed by atoms with Gasteiger partial charge >= 0.3 is 0 Å². The minimum Gasteiger partial charge on any atom is -0.298 e. The highest BCUT2D eigenvalue weighted by Gasteiger charge is 2.05. The Kier molecular flexibility index (Phi) is 2.49. The fourth-order valence-corrected chi connectivity index (χ4v) is 1.27. The molecule has 0 unspecified atom stereocenters. The van der Waals surface area contributed by atoms with Crippen LogP contribution in [-0.2, 0) is 0 Å². The number of aromatic nitrogens is 2. The highest BCUT2D eigenvalue weighted by atomic mass is 19.1. The SMILES string of the molecule is O=Cc1cncc(-c2cccnc2F)c1. The molecule has 2 aromatic heterocycles. The predicted octanol–water partition coefficient (Wildman–Crippen LogP) is 2.10. The lowest BCUT2D eigenvalue weighted by molar-refractivity contribution is 0.112. The Labute approximate surface area is 85.6 Å². The lowest BCUT2D eigenvalue weighted by Gasteiger charge is -2.01. The van der Waals surface area contributed by atoms with E-state index >= 15 is 0 Å². The number of rotatable bonds is 2. The highest BCUT2D eigenvalue weighted by molar-refractivity contribution is 5.77. The fourth-order valence-electron chi connectivity index (χ4n) is 1.27. The maximum atomic E-state index is 13.3. The molecular weight excluding hydrogens is 195 g/mol. The van der Waals surface area contributed by atoms with Gasteiger partial charge in [0.1, 0.15) is 0 Å². The summed E-state index contributed by atoms with van der Waals surface area (Å²) in [6, 6.07) is 4.79. The summed E-state index contributed by atoms with van der Waals surface area (Å²) in [6.07, 6.45) is 4.96. The Balaban J connectivity index is 2.54. The van der Waals surface area contributed by atoms with Crippen molar-refractivity contribution in [3.63, 3.8) is 0 Å². The Bertz CT molecular complexity index is 499. The minimum absolute atomic E-state index is 0.341. The normalized spacial score (nSPS) is 9.93. The Morgan fingerprint density at radius 2 is 2.20 bits per heavy atom. The van der Waals surface area contributed by atoms with Crippen LogP contribution in [0, 0.1) is 5.95 Å². The van der Waals surface area contributed by atoms with Gasteiger partial charge in [-0.25, -0.2) is 4.98 Å². The molecule has 2 heterocycles. The van der Waals surface area contributed by atoms with E-state index in [2.05, 4.69) is 9.97 Å². The molecule has 0 radical (unpaired) electrons. The molecule has 0 spiro atoms. The fraction of sp³-hybridized carbons (Fsp3) is 0. The summed E-state index contributed by atoms with van der Waals surface area (Å²) in [7, 11) is 0. The number of aldehydes is 1. The van der Waals surface area contributed by atoms with Gasteiger partial charge in [-0.1, -0.05) is 0 Å². The lowest BCUT2D eigenvalue weighted by Crippen LogP contribution is -1.90. The van der Waals surface area contributed by atoms with Gasteiger partial charge in [0.25, 0.3) is 0 Å². The molecule has 74 valence electrons. The van der Waals surface area contributed by atoms with E-state index in [0.29, 0.717) is 23.0 Å². The zero-order valence-corrected chi connectivity index (χ0v) is 7.72. The lowest BCUT2D eigenvalue weighted by atomic mass is 10.1. The molecule has 0 aliphatic rings. The van der Waals surface area contributed by atoms with E-state index in [1.54, 1.807) is 18.2 Å². The van der Waals surface area contributed by atoms with Gasteiger partial charge in [0, 0.05) is 35.3 Å². The summed E-state index contributed by atoms with van der Waals surface area (Å²) in [4.78, 5) is 17.9. The summed E-state index contributed by atoms with van der Waals surface area (Å²) in [5, 5.41) is 0. The van der Waals surface area contributed by atoms with E-state index in [4.69, 9.17) is 0 Å². The molecule has 0 aliphatic carbocycles. The topological polar surface area (TPSA) is 42.9 Å². The van der Waals surface area contributed by atoms with Crippen LogP contribution < -0.4 is 0 Å². The highest BCUT2D eigenvalue weighted by Crippen LogP contribution is 2.20. The molecule has 0 fully saturated rings. The molecule has 2 aromatic rings. The van der Waals surface area contributed by atoms with Crippen molar-refractivity contribution in [2.75, 3.05) is 0 Å².